The highest BCUT2D eigenvalue weighted by atomic mass is 32.2. The zero-order chi connectivity index (χ0) is 24.0. The van der Waals surface area contributed by atoms with Crippen LogP contribution in [0.2, 0.25) is 0 Å². The second-order valence-corrected chi connectivity index (χ2v) is 10.4. The van der Waals surface area contributed by atoms with Gasteiger partial charge in [-0.1, -0.05) is 32.0 Å². The van der Waals surface area contributed by atoms with Crippen LogP contribution in [0.1, 0.15) is 46.7 Å². The molecule has 3 aromatic rings. The van der Waals surface area contributed by atoms with Gasteiger partial charge in [-0.05, 0) is 54.3 Å². The molecule has 0 fully saturated rings. The largest absolute Gasteiger partial charge is 0.322 e. The maximum absolute atomic E-state index is 13.5. The van der Waals surface area contributed by atoms with Gasteiger partial charge in [0.25, 0.3) is 11.5 Å². The molecule has 1 heterocycles. The van der Waals surface area contributed by atoms with Gasteiger partial charge in [0, 0.05) is 29.1 Å². The number of nitrogens with zero attached hydrogens (tertiary/aromatic N) is 1. The van der Waals surface area contributed by atoms with E-state index in [1.54, 1.807) is 24.3 Å². The smallest absolute Gasteiger partial charge is 0.268 e. The highest BCUT2D eigenvalue weighted by Crippen LogP contribution is 2.35. The Hall–Kier alpha value is -3.56. The number of fused-ring (bicyclic) bond motifs is 1. The van der Waals surface area contributed by atoms with E-state index in [0.29, 0.717) is 29.8 Å². The predicted octanol–water partition coefficient (Wildman–Crippen LogP) is 2.89. The molecule has 1 aliphatic carbocycles. The fourth-order valence-corrected chi connectivity index (χ4v) is 4.57. The van der Waals surface area contributed by atoms with Gasteiger partial charge in [-0.3, -0.25) is 19.0 Å². The molecule has 0 spiro atoms. The van der Waals surface area contributed by atoms with E-state index in [-0.39, 0.29) is 27.3 Å². The zero-order valence-corrected chi connectivity index (χ0v) is 19.0. The van der Waals surface area contributed by atoms with Gasteiger partial charge in [0.2, 0.25) is 10.0 Å². The summed E-state index contributed by atoms with van der Waals surface area (Å²) in [6, 6.07) is 15.5. The lowest BCUT2D eigenvalue weighted by atomic mass is 9.75. The quantitative estimate of drug-likeness (QED) is 0.612. The predicted molar refractivity (Wildman–Crippen MR) is 124 cm³/mol. The molecule has 0 atom stereocenters. The molecule has 0 radical (unpaired) electrons. The van der Waals surface area contributed by atoms with Gasteiger partial charge in [0.05, 0.1) is 4.90 Å². The maximum Gasteiger partial charge on any atom is 0.268 e. The number of aromatic nitrogens is 1. The minimum Gasteiger partial charge on any atom is -0.322 e. The van der Waals surface area contributed by atoms with Crippen LogP contribution in [0.15, 0.2) is 70.4 Å². The average molecular weight is 466 g/mol. The summed E-state index contributed by atoms with van der Waals surface area (Å²) >= 11 is 0. The van der Waals surface area contributed by atoms with E-state index < -0.39 is 21.5 Å². The van der Waals surface area contributed by atoms with Crippen molar-refractivity contribution < 1.29 is 18.0 Å². The Bertz CT molecular complexity index is 1420. The number of amides is 1. The molecular formula is C24H23N3O5S. The van der Waals surface area contributed by atoms with Crippen LogP contribution in [-0.2, 0) is 16.4 Å². The second kappa shape index (κ2) is 8.09. The third kappa shape index (κ3) is 4.50. The first kappa shape index (κ1) is 22.6. The number of rotatable bonds is 4. The van der Waals surface area contributed by atoms with Gasteiger partial charge in [-0.2, -0.15) is 0 Å². The van der Waals surface area contributed by atoms with Crippen molar-refractivity contribution >= 4 is 27.4 Å². The maximum atomic E-state index is 13.5. The third-order valence-corrected chi connectivity index (χ3v) is 6.52. The fraction of sp³-hybridized carbons (Fsp3) is 0.208. The van der Waals surface area contributed by atoms with Crippen molar-refractivity contribution in [3.63, 3.8) is 0 Å². The Balaban J connectivity index is 1.81. The van der Waals surface area contributed by atoms with E-state index in [2.05, 4.69) is 5.32 Å². The summed E-state index contributed by atoms with van der Waals surface area (Å²) in [5.41, 5.74) is 0.751. The number of carbonyl (C=O) groups excluding carboxylic acids is 2. The summed E-state index contributed by atoms with van der Waals surface area (Å²) in [7, 11) is -3.87. The van der Waals surface area contributed by atoms with Crippen molar-refractivity contribution in [3.05, 3.63) is 87.8 Å². The van der Waals surface area contributed by atoms with Crippen molar-refractivity contribution in [2.45, 2.75) is 31.6 Å². The van der Waals surface area contributed by atoms with Gasteiger partial charge < -0.3 is 5.32 Å². The number of ketones is 1. The number of anilines is 1. The molecule has 170 valence electrons. The molecule has 0 unspecified atom stereocenters. The number of carbonyl (C=O) groups is 2. The lowest BCUT2D eigenvalue weighted by molar-refractivity contribution is 0.0908. The molecule has 0 saturated carbocycles. The molecule has 3 N–H and O–H groups in total. The second-order valence-electron chi connectivity index (χ2n) is 8.86. The first-order valence-electron chi connectivity index (χ1n) is 10.3. The highest BCUT2D eigenvalue weighted by molar-refractivity contribution is 7.89. The molecule has 8 nitrogen and oxygen atoms in total. The molecular weight excluding hydrogens is 442 g/mol. The lowest BCUT2D eigenvalue weighted by Crippen LogP contribution is -2.37. The lowest BCUT2D eigenvalue weighted by Gasteiger charge is -2.32. The minimum atomic E-state index is -3.87. The van der Waals surface area contributed by atoms with E-state index in [1.807, 2.05) is 19.9 Å². The molecule has 1 aliphatic rings. The van der Waals surface area contributed by atoms with Gasteiger partial charge in [0.15, 0.2) is 5.78 Å². The molecule has 1 amide bonds. The van der Waals surface area contributed by atoms with Gasteiger partial charge in [-0.15, -0.1) is 0 Å². The van der Waals surface area contributed by atoms with Crippen LogP contribution < -0.4 is 16.0 Å². The number of hydrogen-bond donors (Lipinski definition) is 2. The standard InChI is InChI=1S/C24H23N3O5S/c1-24(2)13-20-18(21(28)14-24)12-19(23(30)27(20)16-6-4-3-5-7-16)22(29)26-15-8-10-17(11-9-15)33(25,31)32/h3-12H,13-14H2,1-2H3,(H,26,29)(H2,25,31,32). The average Bonchev–Trinajstić information content (AvgIpc) is 2.73. The Morgan fingerprint density at radius 1 is 1.00 bits per heavy atom. The van der Waals surface area contributed by atoms with Crippen molar-refractivity contribution in [3.8, 4) is 5.69 Å². The number of primary sulfonamides is 1. The minimum absolute atomic E-state index is 0.103. The van der Waals surface area contributed by atoms with E-state index in [1.165, 1.54) is 34.9 Å². The molecule has 33 heavy (non-hydrogen) atoms. The monoisotopic (exact) mass is 465 g/mol. The summed E-state index contributed by atoms with van der Waals surface area (Å²) in [6.07, 6.45) is 0.818. The van der Waals surface area contributed by atoms with Crippen molar-refractivity contribution in [1.82, 2.24) is 4.57 Å². The number of para-hydroxylation sites is 1. The topological polar surface area (TPSA) is 128 Å². The summed E-state index contributed by atoms with van der Waals surface area (Å²) in [5, 5.41) is 7.69. The van der Waals surface area contributed by atoms with Crippen molar-refractivity contribution in [1.29, 1.82) is 0 Å². The van der Waals surface area contributed by atoms with Crippen LogP contribution >= 0.6 is 0 Å². The summed E-state index contributed by atoms with van der Waals surface area (Å²) in [4.78, 5) is 39.4. The number of pyridine rings is 1. The molecule has 0 saturated heterocycles. The summed E-state index contributed by atoms with van der Waals surface area (Å²) in [6.45, 7) is 3.94. The van der Waals surface area contributed by atoms with Crippen LogP contribution in [0.3, 0.4) is 0 Å². The van der Waals surface area contributed by atoms with E-state index in [9.17, 15) is 22.8 Å². The first-order valence-corrected chi connectivity index (χ1v) is 11.8. The van der Waals surface area contributed by atoms with E-state index in [0.717, 1.165) is 0 Å². The Kier molecular flexibility index (Phi) is 5.55. The van der Waals surface area contributed by atoms with Crippen LogP contribution in [0.5, 0.6) is 0 Å². The Morgan fingerprint density at radius 3 is 2.24 bits per heavy atom. The summed E-state index contributed by atoms with van der Waals surface area (Å²) < 4.78 is 24.3. The van der Waals surface area contributed by atoms with Crippen LogP contribution in [0.25, 0.3) is 5.69 Å². The van der Waals surface area contributed by atoms with E-state index in [4.69, 9.17) is 5.14 Å². The molecule has 0 bridgehead atoms. The number of nitrogens with two attached hydrogens (primary N) is 1. The van der Waals surface area contributed by atoms with E-state index >= 15 is 0 Å². The first-order chi connectivity index (χ1) is 15.5. The number of nitrogens with one attached hydrogen (secondary N) is 1. The normalized spacial score (nSPS) is 15.1. The van der Waals surface area contributed by atoms with Crippen LogP contribution in [0, 0.1) is 5.41 Å². The Morgan fingerprint density at radius 2 is 1.64 bits per heavy atom. The zero-order valence-electron chi connectivity index (χ0n) is 18.2. The summed E-state index contributed by atoms with van der Waals surface area (Å²) in [5.74, 6) is -0.828. The molecule has 0 aliphatic heterocycles. The molecule has 1 aromatic heterocycles. The SMILES string of the molecule is CC1(C)CC(=O)c2cc(C(=O)Nc3ccc(S(N)(=O)=O)cc3)c(=O)n(-c3ccccc3)c2C1. The van der Waals surface area contributed by atoms with Crippen LogP contribution in [0.4, 0.5) is 5.69 Å². The Labute approximate surface area is 191 Å². The molecule has 4 rings (SSSR count). The van der Waals surface area contributed by atoms with Crippen molar-refractivity contribution in [2.24, 2.45) is 10.6 Å². The van der Waals surface area contributed by atoms with Crippen molar-refractivity contribution in [2.75, 3.05) is 5.32 Å². The molecule has 2 aromatic carbocycles. The third-order valence-electron chi connectivity index (χ3n) is 5.59. The number of Topliss-reactive ketones (excluding diaryl/α,β-unsaturated/α-hetero) is 1. The van der Waals surface area contributed by atoms with Crippen LogP contribution in [-0.4, -0.2) is 24.7 Å². The van der Waals surface area contributed by atoms with Gasteiger partial charge in [0.1, 0.15) is 5.56 Å². The number of hydrogen-bond acceptors (Lipinski definition) is 5. The highest BCUT2D eigenvalue weighted by Gasteiger charge is 2.35. The fourth-order valence-electron chi connectivity index (χ4n) is 4.05. The number of sulfonamides is 1. The van der Waals surface area contributed by atoms with Gasteiger partial charge in [-0.25, -0.2) is 13.6 Å². The number of benzene rings is 2. The van der Waals surface area contributed by atoms with Gasteiger partial charge >= 0.3 is 0 Å². The molecule has 9 heteroatoms.